The van der Waals surface area contributed by atoms with E-state index in [-0.39, 0.29) is 29.5 Å². The van der Waals surface area contributed by atoms with E-state index in [2.05, 4.69) is 37.9 Å². The second-order valence-electron chi connectivity index (χ2n) is 7.12. The number of ketones is 1. The van der Waals surface area contributed by atoms with Gasteiger partial charge in [-0.2, -0.15) is 0 Å². The Morgan fingerprint density at radius 2 is 1.74 bits per heavy atom. The van der Waals surface area contributed by atoms with Crippen LogP contribution in [0.5, 0.6) is 0 Å². The van der Waals surface area contributed by atoms with Gasteiger partial charge in [0.2, 0.25) is 10.0 Å². The number of sulfonamides is 1. The number of amides is 1. The molecule has 31 heavy (non-hydrogen) atoms. The van der Waals surface area contributed by atoms with Gasteiger partial charge in [0.05, 0.1) is 17.0 Å². The predicted octanol–water partition coefficient (Wildman–Crippen LogP) is 2.51. The number of nitrogens with two attached hydrogens (primary N) is 2. The molecular weight excluding hydrogens is 486 g/mol. The molecule has 6 N–H and O–H groups in total. The van der Waals surface area contributed by atoms with E-state index in [1.165, 1.54) is 12.1 Å². The molecule has 0 heterocycles. The van der Waals surface area contributed by atoms with Crippen LogP contribution in [-0.2, 0) is 14.8 Å². The molecule has 0 aliphatic carbocycles. The summed E-state index contributed by atoms with van der Waals surface area (Å²) in [6.45, 7) is 2.64. The molecular formula is C20H32BrN5O4S. The molecule has 0 radical (unpaired) electrons. The highest BCUT2D eigenvalue weighted by atomic mass is 79.9. The lowest BCUT2D eigenvalue weighted by atomic mass is 10.1. The number of Topliss-reactive ketones (excluding diaryl/α,β-unsaturated/α-hetero) is 1. The molecule has 0 spiro atoms. The Balaban J connectivity index is 2.72. The monoisotopic (exact) mass is 517 g/mol. The van der Waals surface area contributed by atoms with Gasteiger partial charge in [-0.25, -0.2) is 8.42 Å². The van der Waals surface area contributed by atoms with E-state index >= 15 is 0 Å². The number of benzene rings is 1. The summed E-state index contributed by atoms with van der Waals surface area (Å²) < 4.78 is 27.9. The highest BCUT2D eigenvalue weighted by molar-refractivity contribution is 9.10. The summed E-state index contributed by atoms with van der Waals surface area (Å²) in [6, 6.07) is 4.48. The quantitative estimate of drug-likeness (QED) is 0.0919. The minimum absolute atomic E-state index is 0.0254. The fourth-order valence-corrected chi connectivity index (χ4v) is 4.34. The summed E-state index contributed by atoms with van der Waals surface area (Å²) in [5.41, 5.74) is 10.5. The third-order valence-electron chi connectivity index (χ3n) is 4.38. The normalized spacial score (nSPS) is 11.0. The lowest BCUT2D eigenvalue weighted by Gasteiger charge is -2.13. The van der Waals surface area contributed by atoms with E-state index in [9.17, 15) is 18.0 Å². The van der Waals surface area contributed by atoms with Gasteiger partial charge >= 0.3 is 0 Å². The molecule has 0 bridgehead atoms. The van der Waals surface area contributed by atoms with Crippen LogP contribution in [-0.4, -0.2) is 44.9 Å². The van der Waals surface area contributed by atoms with Crippen molar-refractivity contribution in [3.63, 3.8) is 0 Å². The van der Waals surface area contributed by atoms with Crippen molar-refractivity contribution < 1.29 is 18.0 Å². The molecule has 0 fully saturated rings. The zero-order chi connectivity index (χ0) is 23.3. The Hall–Kier alpha value is -2.14. The first-order valence-electron chi connectivity index (χ1n) is 10.3. The van der Waals surface area contributed by atoms with E-state index in [1.54, 1.807) is 6.07 Å². The van der Waals surface area contributed by atoms with Crippen molar-refractivity contribution in [1.29, 1.82) is 0 Å². The number of carbonyl (C=O) groups is 2. The number of aliphatic imine (C=N–C) groups is 1. The number of nitrogens with one attached hydrogen (secondary N) is 2. The van der Waals surface area contributed by atoms with E-state index in [0.717, 1.165) is 32.1 Å². The summed E-state index contributed by atoms with van der Waals surface area (Å²) >= 11 is 3.25. The molecule has 0 saturated heterocycles. The molecule has 0 saturated carbocycles. The summed E-state index contributed by atoms with van der Waals surface area (Å²) in [7, 11) is -3.64. The number of guanidine groups is 1. The summed E-state index contributed by atoms with van der Waals surface area (Å²) in [4.78, 5) is 28.6. The zero-order valence-corrected chi connectivity index (χ0v) is 20.2. The van der Waals surface area contributed by atoms with Crippen molar-refractivity contribution in [2.75, 3.05) is 23.6 Å². The minimum Gasteiger partial charge on any atom is -0.370 e. The van der Waals surface area contributed by atoms with Crippen LogP contribution in [0.3, 0.4) is 0 Å². The summed E-state index contributed by atoms with van der Waals surface area (Å²) in [6.07, 6.45) is 6.18. The molecule has 0 unspecified atom stereocenters. The molecule has 1 rings (SSSR count). The second kappa shape index (κ2) is 14.0. The Morgan fingerprint density at radius 1 is 1.06 bits per heavy atom. The van der Waals surface area contributed by atoms with Crippen molar-refractivity contribution in [1.82, 2.24) is 5.32 Å². The lowest BCUT2D eigenvalue weighted by Crippen LogP contribution is -2.33. The smallest absolute Gasteiger partial charge is 0.292 e. The van der Waals surface area contributed by atoms with Crippen LogP contribution in [0.1, 0.15) is 62.2 Å². The molecule has 1 amide bonds. The highest BCUT2D eigenvalue weighted by Gasteiger charge is 2.22. The molecule has 0 aliphatic heterocycles. The van der Waals surface area contributed by atoms with Gasteiger partial charge < -0.3 is 16.8 Å². The van der Waals surface area contributed by atoms with Crippen molar-refractivity contribution in [3.05, 3.63) is 28.2 Å². The molecule has 0 atom stereocenters. The van der Waals surface area contributed by atoms with Crippen molar-refractivity contribution in [2.45, 2.75) is 51.9 Å². The Morgan fingerprint density at radius 3 is 2.42 bits per heavy atom. The molecule has 174 valence electrons. The Kier molecular flexibility index (Phi) is 12.2. The van der Waals surface area contributed by atoms with Crippen LogP contribution in [0.15, 0.2) is 27.7 Å². The molecule has 0 aromatic heterocycles. The van der Waals surface area contributed by atoms with E-state index in [4.69, 9.17) is 11.5 Å². The summed E-state index contributed by atoms with van der Waals surface area (Å²) in [5, 5.41) is 2.49. The van der Waals surface area contributed by atoms with Gasteiger partial charge in [0.25, 0.3) is 11.7 Å². The molecule has 0 aliphatic rings. The van der Waals surface area contributed by atoms with Crippen LogP contribution in [0.2, 0.25) is 0 Å². The Bertz CT molecular complexity index is 870. The van der Waals surface area contributed by atoms with Gasteiger partial charge in [0.15, 0.2) is 5.96 Å². The van der Waals surface area contributed by atoms with Crippen molar-refractivity contribution >= 4 is 49.3 Å². The number of anilines is 1. The average Bonchev–Trinajstić information content (AvgIpc) is 2.70. The SMILES string of the molecule is CCCCCCCCS(=O)(=O)Nc1ccc(Br)cc1C(=O)C(=O)NCCCN=C(N)N. The van der Waals surface area contributed by atoms with Crippen LogP contribution < -0.4 is 21.5 Å². The Labute approximate surface area is 192 Å². The average molecular weight is 518 g/mol. The lowest BCUT2D eigenvalue weighted by molar-refractivity contribution is -0.117. The maximum atomic E-state index is 12.6. The molecule has 1 aromatic rings. The van der Waals surface area contributed by atoms with Gasteiger partial charge in [-0.05, 0) is 31.0 Å². The van der Waals surface area contributed by atoms with E-state index in [0.29, 0.717) is 23.9 Å². The molecule has 9 nitrogen and oxygen atoms in total. The topological polar surface area (TPSA) is 157 Å². The number of carbonyl (C=O) groups excluding carboxylic acids is 2. The maximum absolute atomic E-state index is 12.6. The second-order valence-corrected chi connectivity index (χ2v) is 9.88. The maximum Gasteiger partial charge on any atom is 0.292 e. The van der Waals surface area contributed by atoms with E-state index < -0.39 is 21.7 Å². The van der Waals surface area contributed by atoms with Gasteiger partial charge in [-0.3, -0.25) is 19.3 Å². The number of rotatable bonds is 15. The highest BCUT2D eigenvalue weighted by Crippen LogP contribution is 2.23. The van der Waals surface area contributed by atoms with Crippen LogP contribution in [0.4, 0.5) is 5.69 Å². The molecule has 1 aromatic carbocycles. The first-order valence-corrected chi connectivity index (χ1v) is 12.8. The summed E-state index contributed by atoms with van der Waals surface area (Å²) in [5.74, 6) is -1.76. The van der Waals surface area contributed by atoms with Crippen molar-refractivity contribution in [2.24, 2.45) is 16.5 Å². The van der Waals surface area contributed by atoms with Crippen molar-refractivity contribution in [3.8, 4) is 0 Å². The number of hydrogen-bond acceptors (Lipinski definition) is 5. The standard InChI is InChI=1S/C20H32BrN5O4S/c1-2-3-4-5-6-7-13-31(29,30)26-17-10-9-15(21)14-16(17)18(27)19(28)24-11-8-12-25-20(22)23/h9-10,14,26H,2-8,11-13H2,1H3,(H,24,28)(H4,22,23,25). The van der Waals surface area contributed by atoms with Gasteiger partial charge in [0.1, 0.15) is 0 Å². The third-order valence-corrected chi connectivity index (χ3v) is 6.23. The van der Waals surface area contributed by atoms with Crippen LogP contribution in [0, 0.1) is 0 Å². The van der Waals surface area contributed by atoms with Gasteiger partial charge in [-0.15, -0.1) is 0 Å². The molecule has 11 heteroatoms. The fourth-order valence-electron chi connectivity index (χ4n) is 2.78. The largest absolute Gasteiger partial charge is 0.370 e. The van der Waals surface area contributed by atoms with Gasteiger partial charge in [0, 0.05) is 17.6 Å². The number of hydrogen-bond donors (Lipinski definition) is 4. The van der Waals surface area contributed by atoms with Crippen LogP contribution in [0.25, 0.3) is 0 Å². The predicted molar refractivity (Wildman–Crippen MR) is 128 cm³/mol. The number of halogens is 1. The first-order chi connectivity index (χ1) is 14.7. The third kappa shape index (κ3) is 11.2. The number of unbranched alkanes of at least 4 members (excludes halogenated alkanes) is 5. The van der Waals surface area contributed by atoms with Crippen LogP contribution >= 0.6 is 15.9 Å². The minimum atomic E-state index is -3.64. The zero-order valence-electron chi connectivity index (χ0n) is 17.8. The first kappa shape index (κ1) is 26.9. The fraction of sp³-hybridized carbons (Fsp3) is 0.550. The van der Waals surface area contributed by atoms with E-state index in [1.807, 2.05) is 0 Å². The van der Waals surface area contributed by atoms with Gasteiger partial charge in [-0.1, -0.05) is 55.0 Å². The number of nitrogens with zero attached hydrogens (tertiary/aromatic N) is 1.